The third-order valence-electron chi connectivity index (χ3n) is 6.14. The highest BCUT2D eigenvalue weighted by molar-refractivity contribution is 7.21. The molecule has 1 aliphatic rings. The highest BCUT2D eigenvalue weighted by Gasteiger charge is 2.27. The van der Waals surface area contributed by atoms with Crippen molar-refractivity contribution >= 4 is 32.5 Å². The summed E-state index contributed by atoms with van der Waals surface area (Å²) in [6, 6.07) is 28.7. The van der Waals surface area contributed by atoms with E-state index in [1.54, 1.807) is 6.07 Å². The standard InChI is InChI=1S/C27H26N4O2S/c32-24(28-27-29-26(33)22-13-7-8-14-23(22)34-27)19-30-15-17-31(18-16-30)25(20-9-3-1-4-10-20)21-11-5-2-6-12-21/h1-14,25H,15-19H2,(H,28,29,32,33). The highest BCUT2D eigenvalue weighted by Crippen LogP contribution is 2.29. The quantitative estimate of drug-likeness (QED) is 0.461. The van der Waals surface area contributed by atoms with Crippen molar-refractivity contribution in [1.29, 1.82) is 0 Å². The second-order valence-corrected chi connectivity index (χ2v) is 9.44. The monoisotopic (exact) mass is 470 g/mol. The van der Waals surface area contributed by atoms with Gasteiger partial charge in [0, 0.05) is 30.9 Å². The number of fused-ring (bicyclic) bond motifs is 1. The predicted octanol–water partition coefficient (Wildman–Crippen LogP) is 4.00. The van der Waals surface area contributed by atoms with E-state index in [4.69, 9.17) is 0 Å². The van der Waals surface area contributed by atoms with E-state index >= 15 is 0 Å². The van der Waals surface area contributed by atoms with Crippen molar-refractivity contribution in [3.8, 4) is 0 Å². The van der Waals surface area contributed by atoms with Crippen LogP contribution in [-0.2, 0) is 4.79 Å². The number of aromatic nitrogens is 1. The van der Waals surface area contributed by atoms with Crippen LogP contribution in [0.15, 0.2) is 89.7 Å². The molecule has 172 valence electrons. The SMILES string of the molecule is O=C(CN1CCN(C(c2ccccc2)c2ccccc2)CC1)Nc1nc(=O)c2ccccc2s1. The van der Waals surface area contributed by atoms with Crippen molar-refractivity contribution in [3.05, 3.63) is 106 Å². The zero-order chi connectivity index (χ0) is 23.3. The molecule has 34 heavy (non-hydrogen) atoms. The number of piperazine rings is 1. The number of nitrogens with one attached hydrogen (secondary N) is 1. The molecule has 1 fully saturated rings. The number of nitrogens with zero attached hydrogens (tertiary/aromatic N) is 3. The van der Waals surface area contributed by atoms with Gasteiger partial charge in [-0.25, -0.2) is 0 Å². The van der Waals surface area contributed by atoms with E-state index in [-0.39, 0.29) is 24.1 Å². The first-order chi connectivity index (χ1) is 16.7. The predicted molar refractivity (Wildman–Crippen MR) is 137 cm³/mol. The molecule has 1 amide bonds. The van der Waals surface area contributed by atoms with Gasteiger partial charge >= 0.3 is 0 Å². The first-order valence-corrected chi connectivity index (χ1v) is 12.2. The van der Waals surface area contributed by atoms with Crippen molar-refractivity contribution in [2.75, 3.05) is 38.0 Å². The molecule has 0 atom stereocenters. The highest BCUT2D eigenvalue weighted by atomic mass is 32.1. The molecule has 1 aromatic heterocycles. The van der Waals surface area contributed by atoms with Crippen molar-refractivity contribution in [1.82, 2.24) is 14.8 Å². The number of hydrogen-bond donors (Lipinski definition) is 1. The molecule has 4 aromatic rings. The average Bonchev–Trinajstić information content (AvgIpc) is 2.87. The molecule has 2 heterocycles. The maximum atomic E-state index is 12.7. The fourth-order valence-corrected chi connectivity index (χ4v) is 5.41. The van der Waals surface area contributed by atoms with E-state index in [2.05, 4.69) is 68.6 Å². The van der Waals surface area contributed by atoms with Gasteiger partial charge in [-0.1, -0.05) is 84.1 Å². The maximum absolute atomic E-state index is 12.7. The van der Waals surface area contributed by atoms with Crippen LogP contribution in [-0.4, -0.2) is 53.4 Å². The molecule has 3 aromatic carbocycles. The van der Waals surface area contributed by atoms with E-state index in [9.17, 15) is 9.59 Å². The van der Waals surface area contributed by atoms with Crippen molar-refractivity contribution in [3.63, 3.8) is 0 Å². The van der Waals surface area contributed by atoms with E-state index in [1.165, 1.54) is 22.5 Å². The van der Waals surface area contributed by atoms with E-state index in [0.29, 0.717) is 10.5 Å². The summed E-state index contributed by atoms with van der Waals surface area (Å²) in [5.41, 5.74) is 2.24. The molecule has 1 N–H and O–H groups in total. The fraction of sp³-hybridized carbons (Fsp3) is 0.222. The molecule has 0 unspecified atom stereocenters. The zero-order valence-corrected chi connectivity index (χ0v) is 19.6. The molecular formula is C27H26N4O2S. The molecule has 0 saturated carbocycles. The third kappa shape index (κ3) is 5.07. The van der Waals surface area contributed by atoms with Gasteiger partial charge in [-0.05, 0) is 23.3 Å². The van der Waals surface area contributed by atoms with Crippen LogP contribution in [0.1, 0.15) is 17.2 Å². The summed E-state index contributed by atoms with van der Waals surface area (Å²) >= 11 is 1.32. The van der Waals surface area contributed by atoms with Crippen LogP contribution in [0.25, 0.3) is 10.1 Å². The summed E-state index contributed by atoms with van der Waals surface area (Å²) in [4.78, 5) is 33.6. The Morgan fingerprint density at radius 2 is 1.44 bits per heavy atom. The van der Waals surface area contributed by atoms with Crippen LogP contribution in [0.5, 0.6) is 0 Å². The Labute approximate surface area is 202 Å². The second kappa shape index (κ2) is 10.3. The number of hydrogen-bond acceptors (Lipinski definition) is 6. The van der Waals surface area contributed by atoms with Gasteiger partial charge in [0.25, 0.3) is 5.56 Å². The summed E-state index contributed by atoms with van der Waals surface area (Å²) in [6.45, 7) is 3.60. The van der Waals surface area contributed by atoms with Crippen molar-refractivity contribution in [2.24, 2.45) is 0 Å². The molecule has 6 nitrogen and oxygen atoms in total. The number of benzene rings is 3. The molecule has 0 aliphatic carbocycles. The van der Waals surface area contributed by atoms with Gasteiger partial charge in [-0.3, -0.25) is 19.4 Å². The van der Waals surface area contributed by atoms with Gasteiger partial charge in [-0.2, -0.15) is 4.98 Å². The van der Waals surface area contributed by atoms with Gasteiger partial charge in [0.1, 0.15) is 0 Å². The van der Waals surface area contributed by atoms with Gasteiger partial charge in [0.2, 0.25) is 5.91 Å². The Morgan fingerprint density at radius 3 is 2.09 bits per heavy atom. The van der Waals surface area contributed by atoms with Gasteiger partial charge in [0.05, 0.1) is 18.0 Å². The molecule has 0 bridgehead atoms. The van der Waals surface area contributed by atoms with Gasteiger partial charge < -0.3 is 5.32 Å². The first-order valence-electron chi connectivity index (χ1n) is 11.4. The number of anilines is 1. The molecule has 7 heteroatoms. The Bertz CT molecular complexity index is 1280. The summed E-state index contributed by atoms with van der Waals surface area (Å²) in [5.74, 6) is -0.144. The maximum Gasteiger partial charge on any atom is 0.281 e. The third-order valence-corrected chi connectivity index (χ3v) is 7.11. The minimum Gasteiger partial charge on any atom is -0.301 e. The Balaban J connectivity index is 1.22. The van der Waals surface area contributed by atoms with Gasteiger partial charge in [0.15, 0.2) is 5.13 Å². The van der Waals surface area contributed by atoms with E-state index < -0.39 is 0 Å². The molecule has 1 aliphatic heterocycles. The van der Waals surface area contributed by atoms with Crippen LogP contribution in [0.3, 0.4) is 0 Å². The average molecular weight is 471 g/mol. The van der Waals surface area contributed by atoms with Crippen LogP contribution in [0.4, 0.5) is 5.13 Å². The van der Waals surface area contributed by atoms with Crippen molar-refractivity contribution < 1.29 is 4.79 Å². The Kier molecular flexibility index (Phi) is 6.76. The Morgan fingerprint density at radius 1 is 0.853 bits per heavy atom. The Hall–Kier alpha value is -3.39. The molecule has 0 radical (unpaired) electrons. The molecule has 0 spiro atoms. The van der Waals surface area contributed by atoms with Crippen LogP contribution in [0.2, 0.25) is 0 Å². The first kappa shape index (κ1) is 22.4. The number of carbonyl (C=O) groups excluding carboxylic acids is 1. The summed E-state index contributed by atoms with van der Waals surface area (Å²) in [5, 5.41) is 3.75. The number of carbonyl (C=O) groups is 1. The summed E-state index contributed by atoms with van der Waals surface area (Å²) < 4.78 is 0.819. The van der Waals surface area contributed by atoms with Crippen LogP contribution in [0, 0.1) is 0 Å². The summed E-state index contributed by atoms with van der Waals surface area (Å²) in [7, 11) is 0. The van der Waals surface area contributed by atoms with E-state index in [0.717, 1.165) is 30.9 Å². The molecule has 1 saturated heterocycles. The lowest BCUT2D eigenvalue weighted by atomic mass is 9.96. The summed E-state index contributed by atoms with van der Waals surface area (Å²) in [6.07, 6.45) is 0. The van der Waals surface area contributed by atoms with Gasteiger partial charge in [-0.15, -0.1) is 0 Å². The molecular weight excluding hydrogens is 444 g/mol. The number of amides is 1. The smallest absolute Gasteiger partial charge is 0.281 e. The lowest BCUT2D eigenvalue weighted by molar-refractivity contribution is -0.117. The molecule has 5 rings (SSSR count). The topological polar surface area (TPSA) is 65.5 Å². The number of rotatable bonds is 6. The minimum atomic E-state index is -0.314. The van der Waals surface area contributed by atoms with Crippen LogP contribution >= 0.6 is 11.3 Å². The minimum absolute atomic E-state index is 0.144. The largest absolute Gasteiger partial charge is 0.301 e. The van der Waals surface area contributed by atoms with E-state index in [1.807, 2.05) is 30.3 Å². The van der Waals surface area contributed by atoms with Crippen molar-refractivity contribution in [2.45, 2.75) is 6.04 Å². The lowest BCUT2D eigenvalue weighted by Gasteiger charge is -2.39. The zero-order valence-electron chi connectivity index (χ0n) is 18.8. The van der Waals surface area contributed by atoms with Crippen LogP contribution < -0.4 is 10.9 Å². The lowest BCUT2D eigenvalue weighted by Crippen LogP contribution is -2.49. The second-order valence-electron chi connectivity index (χ2n) is 8.40. The fourth-order valence-electron chi connectivity index (χ4n) is 4.49. The normalized spacial score (nSPS) is 15.0.